The van der Waals surface area contributed by atoms with Gasteiger partial charge in [0.1, 0.15) is 18.9 Å². The first-order chi connectivity index (χ1) is 17.5. The van der Waals surface area contributed by atoms with Crippen LogP contribution in [-0.4, -0.2) is 57.6 Å². The van der Waals surface area contributed by atoms with Gasteiger partial charge in [0.15, 0.2) is 9.84 Å². The molecular weight excluding hydrogens is 523 g/mol. The molecule has 0 aliphatic carbocycles. The van der Waals surface area contributed by atoms with Crippen molar-refractivity contribution < 1.29 is 27.2 Å². The van der Waals surface area contributed by atoms with Crippen LogP contribution in [0.3, 0.4) is 0 Å². The normalized spacial score (nSPS) is 10.9. The lowest BCUT2D eigenvalue weighted by atomic mass is 10.0. The number of carbonyl (C=O) groups excluding carboxylic acids is 3. The second-order valence-corrected chi connectivity index (χ2v) is 10.4. The maximum Gasteiger partial charge on any atom is 0.322 e. The first kappa shape index (κ1) is 27.6. The summed E-state index contributed by atoms with van der Waals surface area (Å²) in [6.45, 7) is -0.974. The molecule has 4 amide bonds. The summed E-state index contributed by atoms with van der Waals surface area (Å²) in [5.74, 6) is -2.07. The van der Waals surface area contributed by atoms with E-state index in [0.29, 0.717) is 21.8 Å². The van der Waals surface area contributed by atoms with E-state index in [9.17, 15) is 27.2 Å². The van der Waals surface area contributed by atoms with Crippen LogP contribution in [-0.2, 0) is 19.4 Å². The summed E-state index contributed by atoms with van der Waals surface area (Å²) in [5, 5.41) is 7.79. The van der Waals surface area contributed by atoms with Crippen molar-refractivity contribution >= 4 is 50.7 Å². The number of nitrogens with zero attached hydrogens (tertiary/aromatic N) is 1. The second kappa shape index (κ2) is 11.8. The van der Waals surface area contributed by atoms with E-state index in [0.717, 1.165) is 17.2 Å². The van der Waals surface area contributed by atoms with Crippen molar-refractivity contribution in [2.75, 3.05) is 37.0 Å². The number of urea groups is 1. The first-order valence-corrected chi connectivity index (χ1v) is 13.2. The molecule has 0 bridgehead atoms. The molecule has 37 heavy (non-hydrogen) atoms. The Morgan fingerprint density at radius 3 is 2.19 bits per heavy atom. The molecule has 3 N–H and O–H groups in total. The van der Waals surface area contributed by atoms with Gasteiger partial charge in [-0.1, -0.05) is 35.9 Å². The van der Waals surface area contributed by atoms with Gasteiger partial charge >= 0.3 is 6.03 Å². The zero-order chi connectivity index (χ0) is 27.2. The van der Waals surface area contributed by atoms with Gasteiger partial charge in [0.2, 0.25) is 11.8 Å². The highest BCUT2D eigenvalue weighted by atomic mass is 35.5. The highest BCUT2D eigenvalue weighted by Crippen LogP contribution is 2.29. The van der Waals surface area contributed by atoms with E-state index in [4.69, 9.17) is 11.6 Å². The van der Waals surface area contributed by atoms with Crippen LogP contribution in [0.25, 0.3) is 11.1 Å². The standard InChI is InChI=1S/C25H24ClFN4O5S/c1-28-23(32)14-31(25(34)29-18-10-8-17(26)9-11-18)15-24(33)30-21-12-7-16(13-20(21)27)19-5-3-4-6-22(19)37(2,35)36/h3-13H,14-15H2,1-2H3,(H,28,32)(H,29,34)(H,30,33). The Morgan fingerprint density at radius 2 is 1.57 bits per heavy atom. The Morgan fingerprint density at radius 1 is 0.919 bits per heavy atom. The predicted octanol–water partition coefficient (Wildman–Crippen LogP) is 3.77. The van der Waals surface area contributed by atoms with Crippen molar-refractivity contribution in [2.45, 2.75) is 4.90 Å². The van der Waals surface area contributed by atoms with Crippen LogP contribution in [0.5, 0.6) is 0 Å². The molecule has 0 saturated heterocycles. The number of benzene rings is 3. The average Bonchev–Trinajstić information content (AvgIpc) is 2.85. The summed E-state index contributed by atoms with van der Waals surface area (Å²) >= 11 is 5.84. The number of carbonyl (C=O) groups is 3. The average molecular weight is 547 g/mol. The molecule has 12 heteroatoms. The highest BCUT2D eigenvalue weighted by molar-refractivity contribution is 7.90. The largest absolute Gasteiger partial charge is 0.358 e. The summed E-state index contributed by atoms with van der Waals surface area (Å²) in [5.41, 5.74) is 0.842. The fourth-order valence-electron chi connectivity index (χ4n) is 3.36. The van der Waals surface area contributed by atoms with E-state index in [1.165, 1.54) is 25.2 Å². The van der Waals surface area contributed by atoms with E-state index < -0.39 is 46.6 Å². The molecule has 0 aliphatic rings. The maximum absolute atomic E-state index is 14.9. The van der Waals surface area contributed by atoms with Gasteiger partial charge < -0.3 is 20.9 Å². The Balaban J connectivity index is 1.76. The maximum atomic E-state index is 14.9. The summed E-state index contributed by atoms with van der Waals surface area (Å²) < 4.78 is 39.0. The second-order valence-electron chi connectivity index (χ2n) is 7.98. The summed E-state index contributed by atoms with van der Waals surface area (Å²) in [6, 6.07) is 15.6. The van der Waals surface area contributed by atoms with Gasteiger partial charge in [0.05, 0.1) is 10.6 Å². The molecule has 3 aromatic rings. The number of likely N-dealkylation sites (N-methyl/N-ethyl adjacent to an activating group) is 1. The van der Waals surface area contributed by atoms with Gasteiger partial charge in [-0.3, -0.25) is 9.59 Å². The molecule has 0 aliphatic heterocycles. The van der Waals surface area contributed by atoms with E-state index in [-0.39, 0.29) is 10.6 Å². The molecule has 0 spiro atoms. The number of halogens is 2. The van der Waals surface area contributed by atoms with Crippen LogP contribution in [0.1, 0.15) is 0 Å². The Kier molecular flexibility index (Phi) is 8.85. The molecule has 3 aromatic carbocycles. The molecule has 0 saturated carbocycles. The van der Waals surface area contributed by atoms with Gasteiger partial charge in [-0.25, -0.2) is 17.6 Å². The number of anilines is 2. The molecule has 0 fully saturated rings. The topological polar surface area (TPSA) is 125 Å². The first-order valence-electron chi connectivity index (χ1n) is 10.9. The third-order valence-corrected chi connectivity index (χ3v) is 6.58. The molecule has 3 rings (SSSR count). The number of amides is 4. The van der Waals surface area contributed by atoms with Gasteiger partial charge in [-0.2, -0.15) is 0 Å². The number of hydrogen-bond acceptors (Lipinski definition) is 5. The van der Waals surface area contributed by atoms with E-state index >= 15 is 0 Å². The van der Waals surface area contributed by atoms with Crippen molar-refractivity contribution in [3.8, 4) is 11.1 Å². The lowest BCUT2D eigenvalue weighted by molar-refractivity contribution is -0.122. The van der Waals surface area contributed by atoms with Gasteiger partial charge in [0, 0.05) is 29.6 Å². The number of nitrogens with one attached hydrogen (secondary N) is 3. The lowest BCUT2D eigenvalue weighted by Gasteiger charge is -2.22. The zero-order valence-corrected chi connectivity index (χ0v) is 21.5. The monoisotopic (exact) mass is 546 g/mol. The summed E-state index contributed by atoms with van der Waals surface area (Å²) in [7, 11) is -2.17. The van der Waals surface area contributed by atoms with Crippen molar-refractivity contribution in [2.24, 2.45) is 0 Å². The molecule has 0 radical (unpaired) electrons. The van der Waals surface area contributed by atoms with Crippen LogP contribution >= 0.6 is 11.6 Å². The zero-order valence-electron chi connectivity index (χ0n) is 19.9. The van der Waals surface area contributed by atoms with Crippen molar-refractivity contribution in [3.05, 3.63) is 77.6 Å². The molecule has 0 aromatic heterocycles. The van der Waals surface area contributed by atoms with Crippen LogP contribution < -0.4 is 16.0 Å². The Labute approximate surface area is 218 Å². The minimum Gasteiger partial charge on any atom is -0.358 e. The summed E-state index contributed by atoms with van der Waals surface area (Å²) in [6.07, 6.45) is 1.06. The molecule has 0 heterocycles. The van der Waals surface area contributed by atoms with E-state index in [1.807, 2.05) is 0 Å². The third-order valence-electron chi connectivity index (χ3n) is 5.17. The van der Waals surface area contributed by atoms with Crippen molar-refractivity contribution in [3.63, 3.8) is 0 Å². The minimum atomic E-state index is -3.56. The predicted molar refractivity (Wildman–Crippen MR) is 140 cm³/mol. The molecule has 0 atom stereocenters. The number of sulfone groups is 1. The van der Waals surface area contributed by atoms with E-state index in [2.05, 4.69) is 16.0 Å². The SMILES string of the molecule is CNC(=O)CN(CC(=O)Nc1ccc(-c2ccccc2S(C)(=O)=O)cc1F)C(=O)Nc1ccc(Cl)cc1. The lowest BCUT2D eigenvalue weighted by Crippen LogP contribution is -2.45. The fourth-order valence-corrected chi connectivity index (χ4v) is 4.40. The van der Waals surface area contributed by atoms with Crippen molar-refractivity contribution in [1.29, 1.82) is 0 Å². The molecule has 194 valence electrons. The number of hydrogen-bond donors (Lipinski definition) is 3. The van der Waals surface area contributed by atoms with Crippen LogP contribution in [0.15, 0.2) is 71.6 Å². The number of rotatable bonds is 8. The quantitative estimate of drug-likeness (QED) is 0.397. The van der Waals surface area contributed by atoms with Gasteiger partial charge in [0.25, 0.3) is 0 Å². The molecular formula is C25H24ClFN4O5S. The van der Waals surface area contributed by atoms with Crippen LogP contribution in [0, 0.1) is 5.82 Å². The molecule has 0 unspecified atom stereocenters. The Hall–Kier alpha value is -3.96. The fraction of sp³-hybridized carbons (Fsp3) is 0.160. The van der Waals surface area contributed by atoms with Crippen molar-refractivity contribution in [1.82, 2.24) is 10.2 Å². The highest BCUT2D eigenvalue weighted by Gasteiger charge is 2.21. The summed E-state index contributed by atoms with van der Waals surface area (Å²) in [4.78, 5) is 38.3. The van der Waals surface area contributed by atoms with Crippen LogP contribution in [0.4, 0.5) is 20.6 Å². The smallest absolute Gasteiger partial charge is 0.322 e. The minimum absolute atomic E-state index is 0.0442. The van der Waals surface area contributed by atoms with Crippen LogP contribution in [0.2, 0.25) is 5.02 Å². The van der Waals surface area contributed by atoms with Gasteiger partial charge in [-0.05, 0) is 48.0 Å². The molecule has 9 nitrogen and oxygen atoms in total. The van der Waals surface area contributed by atoms with E-state index in [1.54, 1.807) is 42.5 Å². The third kappa shape index (κ3) is 7.51. The Bertz CT molecular complexity index is 1430. The van der Waals surface area contributed by atoms with Gasteiger partial charge in [-0.15, -0.1) is 0 Å².